The van der Waals surface area contributed by atoms with Crippen LogP contribution in [0.15, 0.2) is 17.2 Å². The molecule has 1 amide bonds. The summed E-state index contributed by atoms with van der Waals surface area (Å²) >= 11 is 0. The van der Waals surface area contributed by atoms with E-state index in [9.17, 15) is 13.2 Å². The lowest BCUT2D eigenvalue weighted by Gasteiger charge is -2.21. The van der Waals surface area contributed by atoms with Crippen molar-refractivity contribution in [1.82, 2.24) is 9.88 Å². The van der Waals surface area contributed by atoms with Gasteiger partial charge in [-0.15, -0.1) is 0 Å². The van der Waals surface area contributed by atoms with Crippen LogP contribution in [0.3, 0.4) is 0 Å². The Balaban J connectivity index is 2.13. The van der Waals surface area contributed by atoms with Crippen molar-refractivity contribution in [3.8, 4) is 0 Å². The Morgan fingerprint density at radius 3 is 2.68 bits per heavy atom. The minimum atomic E-state index is -3.79. The molecular weight excluding hydrogens is 288 g/mol. The molecule has 1 aliphatic carbocycles. The molecule has 0 unspecified atom stereocenters. The van der Waals surface area contributed by atoms with Gasteiger partial charge in [-0.05, 0) is 31.2 Å². The first-order chi connectivity index (χ1) is 8.91. The Labute approximate surface area is 117 Å². The molecule has 0 atom stereocenters. The fourth-order valence-corrected chi connectivity index (χ4v) is 2.69. The van der Waals surface area contributed by atoms with Gasteiger partial charge in [-0.3, -0.25) is 4.79 Å². The number of rotatable bonds is 6. The molecule has 19 heavy (non-hydrogen) atoms. The van der Waals surface area contributed by atoms with Crippen LogP contribution in [0.1, 0.15) is 36.7 Å². The van der Waals surface area contributed by atoms with Crippen molar-refractivity contribution in [3.63, 3.8) is 0 Å². The SMILES string of the molecule is CCCN(CC1CC1)C(=O)c1cc(S(=O)(=O)Cl)c[nH]1. The largest absolute Gasteiger partial charge is 0.356 e. The van der Waals surface area contributed by atoms with Gasteiger partial charge in [0.15, 0.2) is 0 Å². The van der Waals surface area contributed by atoms with E-state index in [0.717, 1.165) is 13.0 Å². The van der Waals surface area contributed by atoms with E-state index >= 15 is 0 Å². The van der Waals surface area contributed by atoms with Gasteiger partial charge in [0.25, 0.3) is 15.0 Å². The second kappa shape index (κ2) is 5.54. The average Bonchev–Trinajstić information content (AvgIpc) is 2.99. The van der Waals surface area contributed by atoms with E-state index < -0.39 is 9.05 Å². The maximum Gasteiger partial charge on any atom is 0.270 e. The summed E-state index contributed by atoms with van der Waals surface area (Å²) in [5.74, 6) is 0.432. The highest BCUT2D eigenvalue weighted by Crippen LogP contribution is 2.30. The number of hydrogen-bond donors (Lipinski definition) is 1. The molecule has 0 bridgehead atoms. The van der Waals surface area contributed by atoms with E-state index in [1.165, 1.54) is 25.1 Å². The number of carbonyl (C=O) groups is 1. The van der Waals surface area contributed by atoms with Crippen LogP contribution in [0, 0.1) is 5.92 Å². The zero-order valence-corrected chi connectivity index (χ0v) is 12.3. The number of halogens is 1. The molecule has 106 valence electrons. The summed E-state index contributed by atoms with van der Waals surface area (Å²) in [5, 5.41) is 0. The Morgan fingerprint density at radius 1 is 1.53 bits per heavy atom. The molecule has 1 aromatic heterocycles. The zero-order chi connectivity index (χ0) is 14.0. The minimum absolute atomic E-state index is 0.0691. The molecule has 7 heteroatoms. The molecule has 0 aromatic carbocycles. The Morgan fingerprint density at radius 2 is 2.21 bits per heavy atom. The third-order valence-electron chi connectivity index (χ3n) is 3.12. The van der Waals surface area contributed by atoms with Crippen molar-refractivity contribution in [2.45, 2.75) is 31.1 Å². The first-order valence-electron chi connectivity index (χ1n) is 6.34. The molecule has 1 saturated carbocycles. The quantitative estimate of drug-likeness (QED) is 0.819. The molecule has 0 saturated heterocycles. The van der Waals surface area contributed by atoms with Crippen molar-refractivity contribution in [1.29, 1.82) is 0 Å². The Hall–Kier alpha value is -1.01. The number of hydrogen-bond acceptors (Lipinski definition) is 3. The van der Waals surface area contributed by atoms with Gasteiger partial charge >= 0.3 is 0 Å². The van der Waals surface area contributed by atoms with Crippen LogP contribution in [0.2, 0.25) is 0 Å². The highest BCUT2D eigenvalue weighted by atomic mass is 35.7. The van der Waals surface area contributed by atoms with Crippen molar-refractivity contribution < 1.29 is 13.2 Å². The second-order valence-corrected chi connectivity index (χ2v) is 7.45. The number of nitrogens with zero attached hydrogens (tertiary/aromatic N) is 1. The van der Waals surface area contributed by atoms with E-state index in [0.29, 0.717) is 12.5 Å². The second-order valence-electron chi connectivity index (χ2n) is 4.88. The summed E-state index contributed by atoms with van der Waals surface area (Å²) in [4.78, 5) is 16.7. The van der Waals surface area contributed by atoms with Crippen LogP contribution in [-0.2, 0) is 9.05 Å². The fraction of sp³-hybridized carbons (Fsp3) is 0.583. The van der Waals surface area contributed by atoms with Gasteiger partial charge in [0.05, 0.1) is 0 Å². The van der Waals surface area contributed by atoms with Crippen molar-refractivity contribution in [2.75, 3.05) is 13.1 Å². The smallest absolute Gasteiger partial charge is 0.270 e. The molecule has 0 spiro atoms. The summed E-state index contributed by atoms with van der Waals surface area (Å²) < 4.78 is 22.3. The fourth-order valence-electron chi connectivity index (χ4n) is 1.97. The molecule has 5 nitrogen and oxygen atoms in total. The van der Waals surface area contributed by atoms with E-state index in [-0.39, 0.29) is 16.5 Å². The van der Waals surface area contributed by atoms with Crippen LogP contribution in [0.4, 0.5) is 0 Å². The first kappa shape index (κ1) is 14.4. The summed E-state index contributed by atoms with van der Waals surface area (Å²) in [5.41, 5.74) is 0.272. The molecule has 1 N–H and O–H groups in total. The van der Waals surface area contributed by atoms with Gasteiger partial charge in [0.2, 0.25) is 0 Å². The minimum Gasteiger partial charge on any atom is -0.356 e. The van der Waals surface area contributed by atoms with Gasteiger partial charge in [-0.25, -0.2) is 8.42 Å². The van der Waals surface area contributed by atoms with Crippen LogP contribution in [-0.4, -0.2) is 37.3 Å². The maximum absolute atomic E-state index is 12.3. The van der Waals surface area contributed by atoms with Gasteiger partial charge in [-0.1, -0.05) is 6.92 Å². The topological polar surface area (TPSA) is 70.2 Å². The molecule has 1 heterocycles. The predicted molar refractivity (Wildman–Crippen MR) is 72.8 cm³/mol. The normalized spacial score (nSPS) is 15.5. The summed E-state index contributed by atoms with van der Waals surface area (Å²) in [6, 6.07) is 1.29. The predicted octanol–water partition coefficient (Wildman–Crippen LogP) is 2.20. The molecule has 1 fully saturated rings. The molecule has 1 aliphatic rings. The van der Waals surface area contributed by atoms with E-state index in [2.05, 4.69) is 4.98 Å². The summed E-state index contributed by atoms with van der Waals surface area (Å²) in [7, 11) is 1.44. The first-order valence-corrected chi connectivity index (χ1v) is 8.65. The molecule has 0 aliphatic heterocycles. The van der Waals surface area contributed by atoms with Gasteiger partial charge in [0, 0.05) is 30.0 Å². The molecule has 2 rings (SSSR count). The number of carbonyl (C=O) groups excluding carboxylic acids is 1. The van der Waals surface area contributed by atoms with Gasteiger partial charge < -0.3 is 9.88 Å². The van der Waals surface area contributed by atoms with Crippen LogP contribution < -0.4 is 0 Å². The highest BCUT2D eigenvalue weighted by molar-refractivity contribution is 8.13. The number of aromatic nitrogens is 1. The van der Waals surface area contributed by atoms with Crippen LogP contribution >= 0.6 is 10.7 Å². The lowest BCUT2D eigenvalue weighted by Crippen LogP contribution is -2.33. The maximum atomic E-state index is 12.3. The molecular formula is C12H17ClN2O3S. The van der Waals surface area contributed by atoms with Crippen molar-refractivity contribution in [2.24, 2.45) is 5.92 Å². The summed E-state index contributed by atoms with van der Waals surface area (Å²) in [6.45, 7) is 3.43. The standard InChI is InChI=1S/C12H17ClN2O3S/c1-2-5-15(8-9-3-4-9)12(16)11-6-10(7-14-11)19(13,17)18/h6-7,9,14H,2-5,8H2,1H3. The average molecular weight is 305 g/mol. The third-order valence-corrected chi connectivity index (χ3v) is 4.46. The van der Waals surface area contributed by atoms with Crippen LogP contribution in [0.5, 0.6) is 0 Å². The van der Waals surface area contributed by atoms with E-state index in [4.69, 9.17) is 10.7 Å². The summed E-state index contributed by atoms with van der Waals surface area (Å²) in [6.07, 6.45) is 4.45. The molecule has 0 radical (unpaired) electrons. The lowest BCUT2D eigenvalue weighted by molar-refractivity contribution is 0.0742. The van der Waals surface area contributed by atoms with Crippen molar-refractivity contribution >= 4 is 25.6 Å². The van der Waals surface area contributed by atoms with Gasteiger partial charge in [-0.2, -0.15) is 0 Å². The Kier molecular flexibility index (Phi) is 4.20. The number of aromatic amines is 1. The van der Waals surface area contributed by atoms with E-state index in [1.807, 2.05) is 6.92 Å². The highest BCUT2D eigenvalue weighted by Gasteiger charge is 2.27. The van der Waals surface area contributed by atoms with Crippen molar-refractivity contribution in [3.05, 3.63) is 18.0 Å². The third kappa shape index (κ3) is 3.73. The number of H-pyrrole nitrogens is 1. The lowest BCUT2D eigenvalue weighted by atomic mass is 10.3. The Bertz CT molecular complexity index is 563. The van der Waals surface area contributed by atoms with E-state index in [1.54, 1.807) is 4.90 Å². The number of nitrogens with one attached hydrogen (secondary N) is 1. The molecule has 1 aromatic rings. The monoisotopic (exact) mass is 304 g/mol. The zero-order valence-electron chi connectivity index (χ0n) is 10.7. The van der Waals surface area contributed by atoms with Crippen LogP contribution in [0.25, 0.3) is 0 Å². The number of amides is 1. The van der Waals surface area contributed by atoms with Gasteiger partial charge in [0.1, 0.15) is 10.6 Å².